The van der Waals surface area contributed by atoms with Crippen molar-refractivity contribution in [2.24, 2.45) is 10.8 Å². The third kappa shape index (κ3) is 6.17. The molecule has 1 heterocycles. The van der Waals surface area contributed by atoms with E-state index in [2.05, 4.69) is 45.2 Å². The zero-order chi connectivity index (χ0) is 31.3. The van der Waals surface area contributed by atoms with Crippen molar-refractivity contribution in [3.8, 4) is 11.5 Å². The minimum Gasteiger partial charge on any atom is -0.490 e. The number of allylic oxidation sites excluding steroid dienone is 5. The maximum Gasteiger partial charge on any atom is 0.165 e. The van der Waals surface area contributed by atoms with E-state index in [0.29, 0.717) is 47.4 Å². The fourth-order valence-corrected chi connectivity index (χ4v) is 7.33. The minimum atomic E-state index is -0.462. The van der Waals surface area contributed by atoms with Crippen LogP contribution in [-0.4, -0.2) is 30.1 Å². The molecule has 0 saturated heterocycles. The normalized spacial score (nSPS) is 19.8. The molecule has 7 heteroatoms. The highest BCUT2D eigenvalue weighted by molar-refractivity contribution is 6.35. The monoisotopic (exact) mass is 621 g/mol. The summed E-state index contributed by atoms with van der Waals surface area (Å²) >= 11 is 12.5. The van der Waals surface area contributed by atoms with Gasteiger partial charge in [0.1, 0.15) is 6.61 Å². The van der Waals surface area contributed by atoms with Gasteiger partial charge in [0.25, 0.3) is 0 Å². The van der Waals surface area contributed by atoms with Crippen LogP contribution in [-0.2, 0) is 22.6 Å². The van der Waals surface area contributed by atoms with E-state index in [1.165, 1.54) is 0 Å². The van der Waals surface area contributed by atoms with Crippen LogP contribution in [0.2, 0.25) is 10.0 Å². The number of Topliss-reactive ketones (excluding diaryl/α,β-unsaturated/α-hetero) is 2. The van der Waals surface area contributed by atoms with E-state index in [0.717, 1.165) is 52.1 Å². The Morgan fingerprint density at radius 2 is 1.51 bits per heavy atom. The van der Waals surface area contributed by atoms with Gasteiger partial charge in [0.15, 0.2) is 23.1 Å². The van der Waals surface area contributed by atoms with Crippen molar-refractivity contribution in [1.82, 2.24) is 4.90 Å². The molecule has 0 atom stereocenters. The summed E-state index contributed by atoms with van der Waals surface area (Å²) in [5.74, 6) is 0.912. The van der Waals surface area contributed by atoms with E-state index in [-0.39, 0.29) is 29.0 Å². The molecule has 0 N–H and O–H groups in total. The Bertz CT molecular complexity index is 1510. The van der Waals surface area contributed by atoms with Gasteiger partial charge in [0, 0.05) is 69.5 Å². The zero-order valence-electron chi connectivity index (χ0n) is 26.0. The highest BCUT2D eigenvalue weighted by Crippen LogP contribution is 2.54. The minimum absolute atomic E-state index is 0.105. The smallest absolute Gasteiger partial charge is 0.165 e. The summed E-state index contributed by atoms with van der Waals surface area (Å²) in [5, 5.41) is 1.08. The summed E-state index contributed by atoms with van der Waals surface area (Å²) in [6.07, 6.45) is 4.77. The number of ether oxygens (including phenoxy) is 2. The van der Waals surface area contributed by atoms with Crippen LogP contribution in [0, 0.1) is 10.8 Å². The average molecular weight is 623 g/mol. The summed E-state index contributed by atoms with van der Waals surface area (Å²) in [6, 6.07) is 9.35. The SMILES string of the molecule is C=CCc1cc(C2C3=C(CC(C)(C)CC3=O)N(C)C3=C2C(=O)CC(C)(C)C3)cc(OCC)c1OCc1ccc(Cl)cc1Cl. The molecule has 0 spiro atoms. The van der Waals surface area contributed by atoms with Crippen molar-refractivity contribution in [3.05, 3.63) is 92.3 Å². The van der Waals surface area contributed by atoms with Crippen LogP contribution in [0.5, 0.6) is 11.5 Å². The Morgan fingerprint density at radius 3 is 2.05 bits per heavy atom. The second kappa shape index (κ2) is 11.8. The van der Waals surface area contributed by atoms with E-state index in [9.17, 15) is 9.59 Å². The lowest BCUT2D eigenvalue weighted by Crippen LogP contribution is -2.43. The second-order valence-corrected chi connectivity index (χ2v) is 14.4. The number of halogens is 2. The predicted octanol–water partition coefficient (Wildman–Crippen LogP) is 9.02. The molecule has 0 amide bonds. The van der Waals surface area contributed by atoms with Crippen LogP contribution in [0.15, 0.2) is 65.5 Å². The van der Waals surface area contributed by atoms with Crippen LogP contribution >= 0.6 is 23.2 Å². The van der Waals surface area contributed by atoms with Gasteiger partial charge in [-0.25, -0.2) is 0 Å². The Kier molecular flexibility index (Phi) is 8.63. The van der Waals surface area contributed by atoms with Gasteiger partial charge in [0.05, 0.1) is 6.61 Å². The number of nitrogens with zero attached hydrogens (tertiary/aromatic N) is 1. The van der Waals surface area contributed by atoms with Gasteiger partial charge < -0.3 is 14.4 Å². The molecule has 2 aromatic rings. The zero-order valence-corrected chi connectivity index (χ0v) is 27.5. The van der Waals surface area contributed by atoms with Crippen molar-refractivity contribution < 1.29 is 19.1 Å². The maximum absolute atomic E-state index is 14.0. The van der Waals surface area contributed by atoms with Gasteiger partial charge >= 0.3 is 0 Å². The molecule has 0 fully saturated rings. The molecule has 3 aliphatic rings. The molecule has 0 radical (unpaired) electrons. The summed E-state index contributed by atoms with van der Waals surface area (Å²) in [6.45, 7) is 15.1. The Labute approximate surface area is 265 Å². The van der Waals surface area contributed by atoms with Crippen LogP contribution in [0.25, 0.3) is 0 Å². The van der Waals surface area contributed by atoms with Crippen LogP contribution in [0.1, 0.15) is 82.9 Å². The van der Waals surface area contributed by atoms with E-state index >= 15 is 0 Å². The van der Waals surface area contributed by atoms with Crippen molar-refractivity contribution in [3.63, 3.8) is 0 Å². The standard InChI is InChI=1S/C36H41Cl2NO4/c1-8-10-21-13-23(14-30(42-9-2)34(21)43-20-22-11-12-24(37)15-25(22)38)31-32-26(16-35(3,4)18-28(32)40)39(7)27-17-36(5,6)19-29(41)33(27)31/h8,11-15,31H,1,9-10,16-20H2,2-7H3. The molecular weight excluding hydrogens is 581 g/mol. The van der Waals surface area contributed by atoms with Gasteiger partial charge in [0.2, 0.25) is 0 Å². The molecule has 228 valence electrons. The lowest BCUT2D eigenvalue weighted by atomic mass is 9.63. The first-order valence-electron chi connectivity index (χ1n) is 15.0. The molecule has 0 aromatic heterocycles. The second-order valence-electron chi connectivity index (χ2n) is 13.6. The topological polar surface area (TPSA) is 55.8 Å². The molecule has 0 bridgehead atoms. The predicted molar refractivity (Wildman–Crippen MR) is 173 cm³/mol. The molecule has 5 nitrogen and oxygen atoms in total. The van der Waals surface area contributed by atoms with Gasteiger partial charge in [-0.1, -0.05) is 69.1 Å². The first kappa shape index (κ1) is 31.4. The first-order chi connectivity index (χ1) is 20.2. The molecule has 2 aromatic carbocycles. The number of carbonyl (C=O) groups excluding carboxylic acids is 2. The number of hydrogen-bond acceptors (Lipinski definition) is 5. The van der Waals surface area contributed by atoms with E-state index in [1.807, 2.05) is 32.2 Å². The van der Waals surface area contributed by atoms with Gasteiger partial charge in [-0.2, -0.15) is 0 Å². The lowest BCUT2D eigenvalue weighted by molar-refractivity contribution is -0.119. The summed E-state index contributed by atoms with van der Waals surface area (Å²) in [7, 11) is 2.03. The molecule has 5 rings (SSSR count). The summed E-state index contributed by atoms with van der Waals surface area (Å²) in [4.78, 5) is 30.1. The Hall–Kier alpha value is -3.02. The Morgan fingerprint density at radius 1 is 0.907 bits per heavy atom. The van der Waals surface area contributed by atoms with Crippen LogP contribution < -0.4 is 9.47 Å². The fraction of sp³-hybridized carbons (Fsp3) is 0.444. The van der Waals surface area contributed by atoms with Crippen molar-refractivity contribution >= 4 is 34.8 Å². The van der Waals surface area contributed by atoms with Crippen molar-refractivity contribution in [2.45, 2.75) is 79.2 Å². The molecule has 0 saturated carbocycles. The molecule has 2 aliphatic carbocycles. The number of ketones is 2. The summed E-state index contributed by atoms with van der Waals surface area (Å²) < 4.78 is 12.6. The highest BCUT2D eigenvalue weighted by atomic mass is 35.5. The maximum atomic E-state index is 14.0. The number of benzene rings is 2. The number of rotatable bonds is 8. The Balaban J connectivity index is 1.68. The lowest BCUT2D eigenvalue weighted by Gasteiger charge is -2.48. The highest BCUT2D eigenvalue weighted by Gasteiger charge is 2.48. The average Bonchev–Trinajstić information content (AvgIpc) is 2.89. The van der Waals surface area contributed by atoms with Gasteiger partial charge in [-0.3, -0.25) is 9.59 Å². The van der Waals surface area contributed by atoms with Gasteiger partial charge in [-0.05, 0) is 60.8 Å². The molecule has 1 aliphatic heterocycles. The van der Waals surface area contributed by atoms with E-state index in [4.69, 9.17) is 32.7 Å². The number of carbonyl (C=O) groups is 2. The van der Waals surface area contributed by atoms with Crippen molar-refractivity contribution in [1.29, 1.82) is 0 Å². The summed E-state index contributed by atoms with van der Waals surface area (Å²) in [5.41, 5.74) is 5.74. The van der Waals surface area contributed by atoms with E-state index in [1.54, 1.807) is 12.1 Å². The van der Waals surface area contributed by atoms with Gasteiger partial charge in [-0.15, -0.1) is 6.58 Å². The largest absolute Gasteiger partial charge is 0.490 e. The van der Waals surface area contributed by atoms with E-state index < -0.39 is 5.92 Å². The first-order valence-corrected chi connectivity index (χ1v) is 15.7. The molecule has 43 heavy (non-hydrogen) atoms. The van der Waals surface area contributed by atoms with Crippen LogP contribution in [0.3, 0.4) is 0 Å². The quantitative estimate of drug-likeness (QED) is 0.275. The molecule has 0 unspecified atom stereocenters. The molecular formula is C36H41Cl2NO4. The third-order valence-corrected chi connectivity index (χ3v) is 9.31. The third-order valence-electron chi connectivity index (χ3n) is 8.72. The van der Waals surface area contributed by atoms with Crippen molar-refractivity contribution in [2.75, 3.05) is 13.7 Å². The van der Waals surface area contributed by atoms with Crippen LogP contribution in [0.4, 0.5) is 0 Å². The fourth-order valence-electron chi connectivity index (χ4n) is 6.87. The number of hydrogen-bond donors (Lipinski definition) is 0.